The highest BCUT2D eigenvalue weighted by molar-refractivity contribution is 5.98. The van der Waals surface area contributed by atoms with E-state index in [4.69, 9.17) is 9.26 Å². The van der Waals surface area contributed by atoms with Gasteiger partial charge in [0.05, 0.1) is 7.11 Å². The average Bonchev–Trinajstić information content (AvgIpc) is 3.23. The molecule has 1 aliphatic carbocycles. The van der Waals surface area contributed by atoms with Crippen LogP contribution >= 0.6 is 0 Å². The number of carbonyl (C=O) groups is 1. The highest BCUT2D eigenvalue weighted by atomic mass is 16.5. The first-order valence-electron chi connectivity index (χ1n) is 8.63. The maximum atomic E-state index is 12.1. The van der Waals surface area contributed by atoms with E-state index in [9.17, 15) is 4.79 Å². The minimum Gasteiger partial charge on any atom is -0.464 e. The molecule has 0 aliphatic heterocycles. The van der Waals surface area contributed by atoms with Gasteiger partial charge in [-0.2, -0.15) is 0 Å². The second kappa shape index (κ2) is 6.72. The molecule has 2 aromatic heterocycles. The second-order valence-corrected chi connectivity index (χ2v) is 6.36. The van der Waals surface area contributed by atoms with Gasteiger partial charge in [0.15, 0.2) is 0 Å². The van der Waals surface area contributed by atoms with Crippen LogP contribution in [0, 0.1) is 0 Å². The Bertz CT molecular complexity index is 910. The van der Waals surface area contributed by atoms with Crippen molar-refractivity contribution >= 4 is 16.9 Å². The lowest BCUT2D eigenvalue weighted by molar-refractivity contribution is 0.0593. The van der Waals surface area contributed by atoms with Crippen molar-refractivity contribution in [3.8, 4) is 0 Å². The summed E-state index contributed by atoms with van der Waals surface area (Å²) in [6, 6.07) is 7.88. The normalized spacial score (nSPS) is 13.8. The summed E-state index contributed by atoms with van der Waals surface area (Å²) in [6.07, 6.45) is 4.39. The first kappa shape index (κ1) is 15.9. The highest BCUT2D eigenvalue weighted by Gasteiger charge is 2.20. The minimum absolute atomic E-state index is 0.355. The molecule has 25 heavy (non-hydrogen) atoms. The number of aromatic amines is 1. The van der Waals surface area contributed by atoms with Gasteiger partial charge >= 0.3 is 5.97 Å². The van der Waals surface area contributed by atoms with E-state index < -0.39 is 0 Å². The average molecular weight is 339 g/mol. The molecule has 1 aromatic carbocycles. The summed E-state index contributed by atoms with van der Waals surface area (Å²) in [6.45, 7) is 1.18. The topological polar surface area (TPSA) is 80.2 Å². The Balaban J connectivity index is 1.54. The minimum atomic E-state index is -0.355. The van der Waals surface area contributed by atoms with Gasteiger partial charge in [0.25, 0.3) is 0 Å². The van der Waals surface area contributed by atoms with Crippen LogP contribution in [0.1, 0.15) is 45.9 Å². The number of nitrogens with one attached hydrogen (secondary N) is 2. The van der Waals surface area contributed by atoms with Gasteiger partial charge in [-0.25, -0.2) is 4.79 Å². The number of H-pyrrole nitrogens is 1. The molecule has 1 aliphatic rings. The number of fused-ring (bicyclic) bond motifs is 2. The lowest BCUT2D eigenvalue weighted by Crippen LogP contribution is -2.17. The molecule has 2 N–H and O–H groups in total. The van der Waals surface area contributed by atoms with Gasteiger partial charge in [0.2, 0.25) is 0 Å². The quantitative estimate of drug-likeness (QED) is 0.698. The van der Waals surface area contributed by atoms with Crippen molar-refractivity contribution in [3.05, 3.63) is 52.5 Å². The Hall–Kier alpha value is -2.60. The molecule has 6 nitrogen and oxygen atoms in total. The molecule has 0 spiro atoms. The van der Waals surface area contributed by atoms with Crippen LogP contribution in [0.25, 0.3) is 10.9 Å². The van der Waals surface area contributed by atoms with Crippen molar-refractivity contribution in [2.75, 3.05) is 7.11 Å². The molecule has 0 bridgehead atoms. The van der Waals surface area contributed by atoms with Gasteiger partial charge in [-0.3, -0.25) is 0 Å². The van der Waals surface area contributed by atoms with Crippen LogP contribution in [0.3, 0.4) is 0 Å². The van der Waals surface area contributed by atoms with Crippen LogP contribution in [-0.2, 0) is 30.7 Å². The third-order valence-corrected chi connectivity index (χ3v) is 4.83. The Morgan fingerprint density at radius 1 is 1.28 bits per heavy atom. The fourth-order valence-electron chi connectivity index (χ4n) is 3.55. The largest absolute Gasteiger partial charge is 0.464 e. The van der Waals surface area contributed by atoms with Crippen LogP contribution in [0.4, 0.5) is 0 Å². The number of ether oxygens (including phenoxy) is 1. The summed E-state index contributed by atoms with van der Waals surface area (Å²) >= 11 is 0. The Kier molecular flexibility index (Phi) is 4.28. The van der Waals surface area contributed by atoms with Gasteiger partial charge in [0.1, 0.15) is 17.1 Å². The standard InChI is InChI=1S/C19H21N3O3/c1-24-19(23)18-14(12-6-2-4-8-15(12)21-18)10-20-11-16-13-7-3-5-9-17(13)25-22-16/h2,4,6,8,20-21H,3,5,7,9-11H2,1H3. The fraction of sp³-hybridized carbons (Fsp3) is 0.368. The predicted molar refractivity (Wildman–Crippen MR) is 93.3 cm³/mol. The number of rotatable bonds is 5. The maximum absolute atomic E-state index is 12.1. The number of aryl methyl sites for hydroxylation is 1. The zero-order valence-electron chi connectivity index (χ0n) is 14.2. The Morgan fingerprint density at radius 2 is 2.12 bits per heavy atom. The number of aromatic nitrogens is 2. The number of methoxy groups -OCH3 is 1. The van der Waals surface area contributed by atoms with Gasteiger partial charge in [0, 0.05) is 41.5 Å². The maximum Gasteiger partial charge on any atom is 0.354 e. The lowest BCUT2D eigenvalue weighted by atomic mass is 9.96. The zero-order valence-corrected chi connectivity index (χ0v) is 14.2. The number of carbonyl (C=O) groups excluding carboxylic acids is 1. The molecule has 0 amide bonds. The Labute approximate surface area is 145 Å². The summed E-state index contributed by atoms with van der Waals surface area (Å²) < 4.78 is 10.4. The summed E-state index contributed by atoms with van der Waals surface area (Å²) in [7, 11) is 1.40. The van der Waals surface area contributed by atoms with Gasteiger partial charge in [-0.1, -0.05) is 23.4 Å². The van der Waals surface area contributed by atoms with Crippen molar-refractivity contribution in [1.82, 2.24) is 15.5 Å². The highest BCUT2D eigenvalue weighted by Crippen LogP contribution is 2.25. The molecule has 4 rings (SSSR count). The van der Waals surface area contributed by atoms with E-state index in [2.05, 4.69) is 15.5 Å². The van der Waals surface area contributed by atoms with Gasteiger partial charge in [-0.05, 0) is 25.3 Å². The van der Waals surface area contributed by atoms with E-state index in [1.807, 2.05) is 24.3 Å². The monoisotopic (exact) mass is 339 g/mol. The molecule has 2 heterocycles. The molecular weight excluding hydrogens is 318 g/mol. The summed E-state index contributed by atoms with van der Waals surface area (Å²) in [5.41, 5.74) is 4.58. The van der Waals surface area contributed by atoms with E-state index in [1.165, 1.54) is 25.5 Å². The number of hydrogen-bond donors (Lipinski definition) is 2. The van der Waals surface area contributed by atoms with E-state index in [0.29, 0.717) is 18.8 Å². The molecule has 130 valence electrons. The molecule has 0 saturated carbocycles. The smallest absolute Gasteiger partial charge is 0.354 e. The molecule has 6 heteroatoms. The SMILES string of the molecule is COC(=O)c1[nH]c2ccccc2c1CNCc1noc2c1CCCC2. The molecule has 0 saturated heterocycles. The predicted octanol–water partition coefficient (Wildman–Crippen LogP) is 3.11. The molecule has 0 atom stereocenters. The van der Waals surface area contributed by atoms with Crippen molar-refractivity contribution in [2.24, 2.45) is 0 Å². The second-order valence-electron chi connectivity index (χ2n) is 6.36. The number of nitrogens with zero attached hydrogens (tertiary/aromatic N) is 1. The van der Waals surface area contributed by atoms with E-state index >= 15 is 0 Å². The number of benzene rings is 1. The van der Waals surface area contributed by atoms with Crippen molar-refractivity contribution < 1.29 is 14.1 Å². The van der Waals surface area contributed by atoms with E-state index in [0.717, 1.165) is 40.8 Å². The van der Waals surface area contributed by atoms with Crippen LogP contribution in [0.5, 0.6) is 0 Å². The Morgan fingerprint density at radius 3 is 3.00 bits per heavy atom. The number of hydrogen-bond acceptors (Lipinski definition) is 5. The van der Waals surface area contributed by atoms with Crippen LogP contribution in [0.15, 0.2) is 28.8 Å². The summed E-state index contributed by atoms with van der Waals surface area (Å²) in [5.74, 6) is 0.678. The van der Waals surface area contributed by atoms with Crippen molar-refractivity contribution in [1.29, 1.82) is 0 Å². The lowest BCUT2D eigenvalue weighted by Gasteiger charge is -2.10. The molecule has 0 radical (unpaired) electrons. The third kappa shape index (κ3) is 2.93. The van der Waals surface area contributed by atoms with E-state index in [1.54, 1.807) is 0 Å². The van der Waals surface area contributed by atoms with Crippen LogP contribution in [0.2, 0.25) is 0 Å². The van der Waals surface area contributed by atoms with Gasteiger partial charge < -0.3 is 19.6 Å². The third-order valence-electron chi connectivity index (χ3n) is 4.83. The van der Waals surface area contributed by atoms with E-state index in [-0.39, 0.29) is 5.97 Å². The van der Waals surface area contributed by atoms with Crippen molar-refractivity contribution in [3.63, 3.8) is 0 Å². The summed E-state index contributed by atoms with van der Waals surface area (Å²) in [4.78, 5) is 15.2. The van der Waals surface area contributed by atoms with Crippen LogP contribution in [-0.4, -0.2) is 23.2 Å². The first-order chi connectivity index (χ1) is 12.3. The zero-order chi connectivity index (χ0) is 17.2. The molecule has 0 fully saturated rings. The number of para-hydroxylation sites is 1. The first-order valence-corrected chi connectivity index (χ1v) is 8.63. The summed E-state index contributed by atoms with van der Waals surface area (Å²) in [5, 5.41) is 8.64. The van der Waals surface area contributed by atoms with Crippen LogP contribution < -0.4 is 5.32 Å². The fourth-order valence-corrected chi connectivity index (χ4v) is 3.55. The van der Waals surface area contributed by atoms with Gasteiger partial charge in [-0.15, -0.1) is 0 Å². The molecular formula is C19H21N3O3. The molecule has 3 aromatic rings. The number of esters is 1. The molecule has 0 unspecified atom stereocenters. The van der Waals surface area contributed by atoms with Crippen molar-refractivity contribution in [2.45, 2.75) is 38.8 Å².